The molecule has 0 spiro atoms. The lowest BCUT2D eigenvalue weighted by Gasteiger charge is -2.08. The topological polar surface area (TPSA) is 50.6 Å². The van der Waals surface area contributed by atoms with Crippen LogP contribution in [-0.4, -0.2) is 16.1 Å². The van der Waals surface area contributed by atoms with Crippen molar-refractivity contribution in [2.75, 3.05) is 5.32 Å². The molecule has 6 heteroatoms. The van der Waals surface area contributed by atoms with Crippen molar-refractivity contribution in [2.45, 2.75) is 6.92 Å². The van der Waals surface area contributed by atoms with Gasteiger partial charge in [-0.25, -0.2) is 8.78 Å². The SMILES string of the molecule is Cc1ccc(-c2cc3ccccn3c2C(=O)C(=O)Nc2ccc(F)cc2F)cc1. The Balaban J connectivity index is 1.77. The normalized spacial score (nSPS) is 10.9. The van der Waals surface area contributed by atoms with Gasteiger partial charge in [0.1, 0.15) is 17.3 Å². The van der Waals surface area contributed by atoms with E-state index in [1.165, 1.54) is 0 Å². The lowest BCUT2D eigenvalue weighted by atomic mass is 10.0. The Morgan fingerprint density at radius 3 is 2.41 bits per heavy atom. The van der Waals surface area contributed by atoms with Gasteiger partial charge >= 0.3 is 0 Å². The molecule has 2 aromatic carbocycles. The van der Waals surface area contributed by atoms with Crippen molar-refractivity contribution >= 4 is 22.9 Å². The number of ketones is 1. The first-order valence-corrected chi connectivity index (χ1v) is 8.92. The maximum absolute atomic E-state index is 13.9. The number of halogens is 2. The number of aromatic nitrogens is 1. The smallest absolute Gasteiger partial charge is 0.298 e. The summed E-state index contributed by atoms with van der Waals surface area (Å²) in [5, 5.41) is 2.23. The molecule has 4 aromatic rings. The number of pyridine rings is 1. The Morgan fingerprint density at radius 1 is 0.931 bits per heavy atom. The molecule has 0 fully saturated rings. The summed E-state index contributed by atoms with van der Waals surface area (Å²) in [4.78, 5) is 25.6. The zero-order valence-electron chi connectivity index (χ0n) is 15.4. The van der Waals surface area contributed by atoms with Crippen molar-refractivity contribution in [3.05, 3.63) is 95.8 Å². The van der Waals surface area contributed by atoms with Crippen LogP contribution in [0.2, 0.25) is 0 Å². The van der Waals surface area contributed by atoms with Crippen LogP contribution in [0.5, 0.6) is 0 Å². The van der Waals surface area contributed by atoms with Gasteiger partial charge in [0.15, 0.2) is 0 Å². The van der Waals surface area contributed by atoms with E-state index < -0.39 is 23.3 Å². The molecule has 1 amide bonds. The van der Waals surface area contributed by atoms with Crippen LogP contribution in [0.3, 0.4) is 0 Å². The van der Waals surface area contributed by atoms with E-state index in [0.717, 1.165) is 28.8 Å². The van der Waals surface area contributed by atoms with Crippen molar-refractivity contribution < 1.29 is 18.4 Å². The van der Waals surface area contributed by atoms with Crippen molar-refractivity contribution in [2.24, 2.45) is 0 Å². The van der Waals surface area contributed by atoms with Gasteiger partial charge in [-0.1, -0.05) is 35.9 Å². The minimum Gasteiger partial charge on any atom is -0.317 e. The molecule has 0 bridgehead atoms. The second kappa shape index (κ2) is 7.31. The molecule has 0 atom stereocenters. The van der Waals surface area contributed by atoms with Crippen molar-refractivity contribution in [3.8, 4) is 11.1 Å². The number of amides is 1. The highest BCUT2D eigenvalue weighted by molar-refractivity contribution is 6.47. The number of fused-ring (bicyclic) bond motifs is 1. The first-order valence-electron chi connectivity index (χ1n) is 8.92. The van der Waals surface area contributed by atoms with Crippen LogP contribution in [0.1, 0.15) is 16.1 Å². The largest absolute Gasteiger partial charge is 0.317 e. The van der Waals surface area contributed by atoms with Gasteiger partial charge in [-0.2, -0.15) is 0 Å². The molecule has 1 N–H and O–H groups in total. The predicted octanol–water partition coefficient (Wildman–Crippen LogP) is 5.01. The average molecular weight is 390 g/mol. The molecule has 0 aliphatic carbocycles. The van der Waals surface area contributed by atoms with E-state index in [2.05, 4.69) is 5.32 Å². The van der Waals surface area contributed by atoms with Crippen molar-refractivity contribution in [3.63, 3.8) is 0 Å². The Kier molecular flexibility index (Phi) is 4.68. The van der Waals surface area contributed by atoms with E-state index in [-0.39, 0.29) is 11.4 Å². The van der Waals surface area contributed by atoms with Gasteiger partial charge in [-0.3, -0.25) is 9.59 Å². The zero-order chi connectivity index (χ0) is 20.5. The molecule has 4 rings (SSSR count). The number of rotatable bonds is 4. The van der Waals surface area contributed by atoms with Crippen LogP contribution in [0.15, 0.2) is 72.9 Å². The molecule has 29 heavy (non-hydrogen) atoms. The molecule has 0 saturated carbocycles. The Bertz CT molecular complexity index is 1240. The third-order valence-electron chi connectivity index (χ3n) is 4.64. The fourth-order valence-corrected chi connectivity index (χ4v) is 3.19. The summed E-state index contributed by atoms with van der Waals surface area (Å²) >= 11 is 0. The summed E-state index contributed by atoms with van der Waals surface area (Å²) in [5.41, 5.74) is 3.09. The summed E-state index contributed by atoms with van der Waals surface area (Å²) in [6, 6.07) is 17.5. The van der Waals surface area contributed by atoms with Crippen molar-refractivity contribution in [1.29, 1.82) is 0 Å². The van der Waals surface area contributed by atoms with E-state index >= 15 is 0 Å². The van der Waals surface area contributed by atoms with Crippen LogP contribution in [0.4, 0.5) is 14.5 Å². The number of nitrogens with zero attached hydrogens (tertiary/aromatic N) is 1. The van der Waals surface area contributed by atoms with E-state index in [9.17, 15) is 18.4 Å². The molecule has 4 nitrogen and oxygen atoms in total. The lowest BCUT2D eigenvalue weighted by molar-refractivity contribution is -0.112. The average Bonchev–Trinajstić information content (AvgIpc) is 3.09. The van der Waals surface area contributed by atoms with E-state index in [1.807, 2.05) is 49.4 Å². The highest BCUT2D eigenvalue weighted by Gasteiger charge is 2.25. The first-order chi connectivity index (χ1) is 13.9. The highest BCUT2D eigenvalue weighted by atomic mass is 19.1. The first kappa shape index (κ1) is 18.6. The number of anilines is 1. The molecule has 2 aromatic heterocycles. The fourth-order valence-electron chi connectivity index (χ4n) is 3.19. The van der Waals surface area contributed by atoms with E-state index in [0.29, 0.717) is 11.6 Å². The number of hydrogen-bond donors (Lipinski definition) is 1. The number of carbonyl (C=O) groups excluding carboxylic acids is 2. The quantitative estimate of drug-likeness (QED) is 0.393. The maximum Gasteiger partial charge on any atom is 0.298 e. The van der Waals surface area contributed by atoms with Gasteiger partial charge in [0.05, 0.1) is 5.69 Å². The third kappa shape index (κ3) is 3.52. The summed E-state index contributed by atoms with van der Waals surface area (Å²) in [5.74, 6) is -3.56. The molecular formula is C23H16F2N2O2. The van der Waals surface area contributed by atoms with E-state index in [4.69, 9.17) is 0 Å². The molecule has 0 radical (unpaired) electrons. The molecular weight excluding hydrogens is 374 g/mol. The minimum absolute atomic E-state index is 0.171. The standard InChI is InChI=1S/C23H16F2N2O2/c1-14-5-7-15(8-6-14)18-13-17-4-2-3-11-27(17)21(18)22(28)23(29)26-20-10-9-16(24)12-19(20)25/h2-13H,1H3,(H,26,29). The number of carbonyl (C=O) groups is 2. The second-order valence-corrected chi connectivity index (χ2v) is 6.68. The molecule has 144 valence electrons. The van der Waals surface area contributed by atoms with Crippen LogP contribution >= 0.6 is 0 Å². The number of hydrogen-bond acceptors (Lipinski definition) is 2. The molecule has 0 unspecified atom stereocenters. The Hall–Kier alpha value is -3.80. The van der Waals surface area contributed by atoms with Gasteiger partial charge < -0.3 is 9.72 Å². The van der Waals surface area contributed by atoms with Gasteiger partial charge in [-0.05, 0) is 42.8 Å². The van der Waals surface area contributed by atoms with Crippen LogP contribution < -0.4 is 5.32 Å². The number of nitrogens with one attached hydrogen (secondary N) is 1. The molecule has 0 aliphatic heterocycles. The molecule has 0 aliphatic rings. The summed E-state index contributed by atoms with van der Waals surface area (Å²) < 4.78 is 28.6. The Labute approximate surface area is 165 Å². The number of Topliss-reactive ketones (excluding diaryl/α,β-unsaturated/α-hetero) is 1. The molecule has 0 saturated heterocycles. The summed E-state index contributed by atoms with van der Waals surface area (Å²) in [6.45, 7) is 1.96. The van der Waals surface area contributed by atoms with Crippen LogP contribution in [0.25, 0.3) is 16.6 Å². The van der Waals surface area contributed by atoms with E-state index in [1.54, 1.807) is 16.7 Å². The zero-order valence-corrected chi connectivity index (χ0v) is 15.4. The summed E-state index contributed by atoms with van der Waals surface area (Å²) in [6.07, 6.45) is 1.69. The number of aryl methyl sites for hydroxylation is 1. The maximum atomic E-state index is 13.9. The third-order valence-corrected chi connectivity index (χ3v) is 4.64. The van der Waals surface area contributed by atoms with Crippen LogP contribution in [0, 0.1) is 18.6 Å². The minimum atomic E-state index is -1.01. The van der Waals surface area contributed by atoms with Gasteiger partial charge in [-0.15, -0.1) is 0 Å². The lowest BCUT2D eigenvalue weighted by Crippen LogP contribution is -2.25. The summed E-state index contributed by atoms with van der Waals surface area (Å²) in [7, 11) is 0. The van der Waals surface area contributed by atoms with Crippen LogP contribution in [-0.2, 0) is 4.79 Å². The Morgan fingerprint density at radius 2 is 1.69 bits per heavy atom. The van der Waals surface area contributed by atoms with Gasteiger partial charge in [0, 0.05) is 23.3 Å². The monoisotopic (exact) mass is 390 g/mol. The second-order valence-electron chi connectivity index (χ2n) is 6.68. The number of benzene rings is 2. The molecule has 2 heterocycles. The van der Waals surface area contributed by atoms with Crippen molar-refractivity contribution in [1.82, 2.24) is 4.40 Å². The fraction of sp³-hybridized carbons (Fsp3) is 0.0435. The predicted molar refractivity (Wildman–Crippen MR) is 107 cm³/mol. The van der Waals surface area contributed by atoms with Gasteiger partial charge in [0.2, 0.25) is 0 Å². The highest BCUT2D eigenvalue weighted by Crippen LogP contribution is 2.29. The van der Waals surface area contributed by atoms with Gasteiger partial charge in [0.25, 0.3) is 11.7 Å².